The lowest BCUT2D eigenvalue weighted by molar-refractivity contribution is -0.146. The van der Waals surface area contributed by atoms with E-state index >= 15 is 0 Å². The third-order valence-corrected chi connectivity index (χ3v) is 19.2. The van der Waals surface area contributed by atoms with Gasteiger partial charge in [0.15, 0.2) is 0 Å². The van der Waals surface area contributed by atoms with Crippen LogP contribution in [0.25, 0.3) is 10.9 Å². The number of allylic oxidation sites excluding steroid dienone is 1. The number of halogens is 1. The molecule has 0 spiro atoms. The van der Waals surface area contributed by atoms with E-state index in [0.29, 0.717) is 75.9 Å². The van der Waals surface area contributed by atoms with Crippen LogP contribution in [0.5, 0.6) is 11.5 Å². The first-order chi connectivity index (χ1) is 51.8. The monoisotopic (exact) mass is 1510 g/mol. The Morgan fingerprint density at radius 2 is 1.55 bits per heavy atom. The molecule has 30 nitrogen and oxygen atoms in total. The van der Waals surface area contributed by atoms with Crippen LogP contribution < -0.4 is 62.6 Å². The number of benzene rings is 4. The van der Waals surface area contributed by atoms with Gasteiger partial charge in [0.1, 0.15) is 77.9 Å². The lowest BCUT2D eigenvalue weighted by Gasteiger charge is -2.36. The quantitative estimate of drug-likeness (QED) is 0.0306. The van der Waals surface area contributed by atoms with E-state index in [4.69, 9.17) is 18.9 Å². The molecule has 1 unspecified atom stereocenters. The second kappa shape index (κ2) is 38.7. The summed E-state index contributed by atoms with van der Waals surface area (Å²) in [5.74, 6) is -6.67. The standard InChI is InChI=1S/C78H102FN13O17/c1-11-12-33-107-64-37-50(27-30-80-75(104)78(9)29-14-31-92(78)74(103)60(35-49-18-22-56(106-10)23-19-49)89-72(101)68(47(4)93)86-48(5)94)17-20-53(64)41-83-65(95)25-26-66(96)85-45(2)69(98)90-62(43-84-76(105)109-77(6,7)8)71(100)87-59-36-51-15-13-16-52(34-51)40-82-67(97)44-108-63-28-32-91(46(63)3)73(102)61(88-70(59)99)38-54-42-81-58-24-21-55(79)39-57(54)58/h11-13,15-24,34,37,39,42,45-47,59-63,68,81,93H,14,25-33,35-36,38,40-41,43-44H2,1-10H3,(H,80,104)(H,82,97)(H,83,95)(H,84,105)(H,85,96)(H,86,94)(H,87,100)(H,88,99)(H,89,101)(H,90,98)/b12-11+/t45-,46+,47-,59-,60+,61-,62+,63?,68-,78+/m0/s1. The molecular formula is C78H102FN13O17. The van der Waals surface area contributed by atoms with E-state index in [9.17, 15) is 67.0 Å². The summed E-state index contributed by atoms with van der Waals surface area (Å²) in [7, 11) is 1.52. The average Bonchev–Trinajstić information content (AvgIpc) is 1.67. The molecular weight excluding hydrogens is 1410 g/mol. The van der Waals surface area contributed by atoms with Gasteiger partial charge in [0, 0.05) is 94.4 Å². The first-order valence-electron chi connectivity index (χ1n) is 36.6. The molecule has 4 aromatic carbocycles. The van der Waals surface area contributed by atoms with Gasteiger partial charge in [-0.2, -0.15) is 0 Å². The minimum atomic E-state index is -1.64. The number of nitrogens with one attached hydrogen (secondary N) is 11. The van der Waals surface area contributed by atoms with Crippen LogP contribution in [0.4, 0.5) is 9.18 Å². The second-order valence-electron chi connectivity index (χ2n) is 28.8. The Labute approximate surface area is 632 Å². The van der Waals surface area contributed by atoms with Crippen LogP contribution in [-0.2, 0) is 101 Å². The predicted octanol–water partition coefficient (Wildman–Crippen LogP) is 2.92. The van der Waals surface area contributed by atoms with E-state index in [2.05, 4.69) is 58.2 Å². The van der Waals surface area contributed by atoms with Crippen molar-refractivity contribution in [2.75, 3.05) is 46.5 Å². The molecule has 8 rings (SSSR count). The van der Waals surface area contributed by atoms with Gasteiger partial charge in [0.2, 0.25) is 65.0 Å². The van der Waals surface area contributed by atoms with Crippen molar-refractivity contribution in [3.05, 3.63) is 142 Å². The Morgan fingerprint density at radius 1 is 0.826 bits per heavy atom. The fourth-order valence-corrected chi connectivity index (χ4v) is 13.2. The number of H-pyrrole nitrogens is 1. The minimum absolute atomic E-state index is 0.0209. The van der Waals surface area contributed by atoms with Crippen molar-refractivity contribution in [1.29, 1.82) is 0 Å². The Kier molecular flexibility index (Phi) is 29.7. The molecule has 2 saturated heterocycles. The highest BCUT2D eigenvalue weighted by Gasteiger charge is 2.48. The van der Waals surface area contributed by atoms with E-state index in [1.165, 1.54) is 44.9 Å². The normalized spacial score (nSPS) is 19.7. The van der Waals surface area contributed by atoms with Gasteiger partial charge < -0.3 is 92.0 Å². The van der Waals surface area contributed by atoms with Crippen molar-refractivity contribution in [2.24, 2.45) is 0 Å². The molecule has 3 aliphatic heterocycles. The van der Waals surface area contributed by atoms with E-state index in [0.717, 1.165) is 5.56 Å². The van der Waals surface area contributed by atoms with Crippen LogP contribution in [0, 0.1) is 5.82 Å². The van der Waals surface area contributed by atoms with Crippen LogP contribution in [0.15, 0.2) is 103 Å². The molecule has 588 valence electrons. The molecule has 4 bridgehead atoms. The molecule has 0 radical (unpaired) electrons. The van der Waals surface area contributed by atoms with Crippen LogP contribution in [0.2, 0.25) is 0 Å². The fraction of sp³-hybridized carbons (Fsp3) is 0.487. The number of aliphatic hydroxyl groups excluding tert-OH is 1. The number of carbonyl (C=O) groups is 12. The van der Waals surface area contributed by atoms with Crippen molar-refractivity contribution in [3.8, 4) is 11.5 Å². The number of ether oxygens (including phenoxy) is 4. The average molecular weight is 1510 g/mol. The Hall–Kier alpha value is -11.0. The van der Waals surface area contributed by atoms with Crippen molar-refractivity contribution in [1.82, 2.24) is 68.0 Å². The molecule has 12 amide bonds. The molecule has 2 fully saturated rings. The highest BCUT2D eigenvalue weighted by molar-refractivity contribution is 5.98. The van der Waals surface area contributed by atoms with Gasteiger partial charge in [-0.05, 0) is 145 Å². The number of amides is 12. The molecule has 0 aliphatic carbocycles. The van der Waals surface area contributed by atoms with Crippen molar-refractivity contribution < 1.29 is 86.0 Å². The summed E-state index contributed by atoms with van der Waals surface area (Å²) in [6.07, 6.45) is 2.95. The fourth-order valence-electron chi connectivity index (χ4n) is 13.2. The summed E-state index contributed by atoms with van der Waals surface area (Å²) in [6.45, 7) is 14.0. The highest BCUT2D eigenvalue weighted by atomic mass is 19.1. The number of aliphatic hydroxyl groups is 1. The van der Waals surface area contributed by atoms with Gasteiger partial charge in [0.05, 0.1) is 31.9 Å². The molecule has 5 aromatic rings. The summed E-state index contributed by atoms with van der Waals surface area (Å²) in [4.78, 5) is 172. The molecule has 12 N–H and O–H groups in total. The Balaban J connectivity index is 0.898. The largest absolute Gasteiger partial charge is 0.497 e. The number of methoxy groups -OCH3 is 1. The lowest BCUT2D eigenvalue weighted by Crippen LogP contribution is -2.62. The Morgan fingerprint density at radius 3 is 2.27 bits per heavy atom. The number of fused-ring (bicyclic) bond motifs is 5. The van der Waals surface area contributed by atoms with E-state index in [1.807, 2.05) is 6.92 Å². The maximum atomic E-state index is 15.0. The van der Waals surface area contributed by atoms with Gasteiger partial charge in [-0.15, -0.1) is 0 Å². The van der Waals surface area contributed by atoms with Crippen LogP contribution in [0.3, 0.4) is 0 Å². The van der Waals surface area contributed by atoms with Crippen molar-refractivity contribution in [2.45, 2.75) is 199 Å². The summed E-state index contributed by atoms with van der Waals surface area (Å²) in [5, 5.41) is 37.9. The first-order valence-corrected chi connectivity index (χ1v) is 36.6. The zero-order valence-electron chi connectivity index (χ0n) is 63.3. The molecule has 1 aromatic heterocycles. The number of aromatic nitrogens is 1. The minimum Gasteiger partial charge on any atom is -0.497 e. The maximum Gasteiger partial charge on any atom is 0.407 e. The van der Waals surface area contributed by atoms with Crippen LogP contribution in [0.1, 0.15) is 128 Å². The third-order valence-electron chi connectivity index (χ3n) is 19.2. The number of alkyl carbamates (subject to hydrolysis) is 1. The molecule has 31 heteroatoms. The van der Waals surface area contributed by atoms with Gasteiger partial charge in [-0.3, -0.25) is 52.7 Å². The molecule has 3 aliphatic rings. The Bertz CT molecular complexity index is 4140. The number of rotatable bonds is 29. The number of carbonyl (C=O) groups excluding carboxylic acids is 12. The number of likely N-dealkylation sites (tertiary alicyclic amines) is 1. The van der Waals surface area contributed by atoms with E-state index < -0.39 is 149 Å². The van der Waals surface area contributed by atoms with E-state index in [1.54, 1.807) is 131 Å². The van der Waals surface area contributed by atoms with Gasteiger partial charge in [-0.25, -0.2) is 9.18 Å². The highest BCUT2D eigenvalue weighted by Crippen LogP contribution is 2.32. The zero-order valence-corrected chi connectivity index (χ0v) is 63.3. The number of nitrogens with zero attached hydrogens (tertiary/aromatic N) is 2. The zero-order chi connectivity index (χ0) is 79.3. The number of aromatic amines is 1. The summed E-state index contributed by atoms with van der Waals surface area (Å²) >= 11 is 0. The van der Waals surface area contributed by atoms with Crippen LogP contribution >= 0.6 is 0 Å². The number of hydrogen-bond donors (Lipinski definition) is 12. The summed E-state index contributed by atoms with van der Waals surface area (Å²) in [6, 6.07) is 14.4. The lowest BCUT2D eigenvalue weighted by atomic mass is 9.95. The van der Waals surface area contributed by atoms with Gasteiger partial charge >= 0.3 is 6.09 Å². The number of hydrogen-bond acceptors (Lipinski definition) is 17. The molecule has 109 heavy (non-hydrogen) atoms. The van der Waals surface area contributed by atoms with E-state index in [-0.39, 0.29) is 78.0 Å². The predicted molar refractivity (Wildman–Crippen MR) is 399 cm³/mol. The second-order valence-corrected chi connectivity index (χ2v) is 28.8. The smallest absolute Gasteiger partial charge is 0.407 e. The van der Waals surface area contributed by atoms with Crippen molar-refractivity contribution >= 4 is 82.0 Å². The molecule has 4 heterocycles. The summed E-state index contributed by atoms with van der Waals surface area (Å²) < 4.78 is 37.6. The molecule has 0 saturated carbocycles. The molecule has 10 atom stereocenters. The van der Waals surface area contributed by atoms with Crippen LogP contribution in [-0.4, -0.2) is 203 Å². The van der Waals surface area contributed by atoms with Gasteiger partial charge in [0.25, 0.3) is 0 Å². The first kappa shape index (κ1) is 83.7. The summed E-state index contributed by atoms with van der Waals surface area (Å²) in [5.41, 5.74) is 1.95. The van der Waals surface area contributed by atoms with Crippen molar-refractivity contribution in [3.63, 3.8) is 0 Å². The topological polar surface area (TPSA) is 405 Å². The van der Waals surface area contributed by atoms with Gasteiger partial charge in [-0.1, -0.05) is 60.7 Å². The SMILES string of the molecule is C/C=C/COc1cc(CCNC(=O)[C@@]2(C)CCCN2C(=O)[C@@H](Cc2ccc(OC)cc2)NC(=O)[C@@H](NC(C)=O)[C@H](C)O)ccc1CNC(=O)CCC(=O)N[C@@H](C)C(=O)N[C@H](CNC(=O)OC(C)(C)C)C(=O)N[C@H]1Cc2cccc(c2)CNC(=O)COC2CCN(C(=O)[C@H](Cc3c[nH]c4ccc(F)cc34)NC1=O)[C@@H]2C. The third kappa shape index (κ3) is 24.0. The maximum absolute atomic E-state index is 15.0.